The van der Waals surface area contributed by atoms with E-state index in [1.54, 1.807) is 47.3 Å². The number of aromatic nitrogens is 2. The number of methoxy groups -OCH3 is 1. The lowest BCUT2D eigenvalue weighted by atomic mass is 10.2. The van der Waals surface area contributed by atoms with Crippen molar-refractivity contribution >= 4 is 10.0 Å². The predicted octanol–water partition coefficient (Wildman–Crippen LogP) is 3.93. The van der Waals surface area contributed by atoms with Crippen LogP contribution in [-0.2, 0) is 23.1 Å². The molecule has 0 aliphatic heterocycles. The zero-order valence-electron chi connectivity index (χ0n) is 17.3. The summed E-state index contributed by atoms with van der Waals surface area (Å²) >= 11 is 0. The van der Waals surface area contributed by atoms with E-state index in [9.17, 15) is 12.8 Å². The second-order valence-electron chi connectivity index (χ2n) is 7.43. The van der Waals surface area contributed by atoms with Crippen LogP contribution in [0.1, 0.15) is 25.2 Å². The summed E-state index contributed by atoms with van der Waals surface area (Å²) < 4.78 is 49.0. The van der Waals surface area contributed by atoms with E-state index in [4.69, 9.17) is 4.74 Å². The molecule has 0 spiro atoms. The molecule has 0 unspecified atom stereocenters. The van der Waals surface area contributed by atoms with Gasteiger partial charge in [0.15, 0.2) is 0 Å². The van der Waals surface area contributed by atoms with E-state index in [1.165, 1.54) is 29.6 Å². The van der Waals surface area contributed by atoms with Crippen LogP contribution < -0.4 is 4.74 Å². The molecule has 1 aromatic heterocycles. The van der Waals surface area contributed by atoms with Crippen molar-refractivity contribution in [3.05, 3.63) is 78.1 Å². The molecule has 0 saturated carbocycles. The molecule has 0 aliphatic rings. The molecule has 0 fully saturated rings. The zero-order chi connectivity index (χ0) is 21.7. The van der Waals surface area contributed by atoms with Crippen LogP contribution in [0.3, 0.4) is 0 Å². The molecule has 160 valence electrons. The third kappa shape index (κ3) is 5.06. The molecular formula is C22H26FN3O3S. The number of ether oxygens (including phenoxy) is 1. The molecule has 0 aliphatic carbocycles. The fraction of sp³-hybridized carbons (Fsp3) is 0.318. The number of hydrogen-bond donors (Lipinski definition) is 0. The number of sulfonamides is 1. The minimum absolute atomic E-state index is 0.0913. The average molecular weight is 432 g/mol. The second-order valence-corrected chi connectivity index (χ2v) is 9.37. The highest BCUT2D eigenvalue weighted by atomic mass is 32.2. The van der Waals surface area contributed by atoms with Crippen LogP contribution in [0.2, 0.25) is 0 Å². The average Bonchev–Trinajstić information content (AvgIpc) is 3.15. The van der Waals surface area contributed by atoms with Crippen molar-refractivity contribution in [2.75, 3.05) is 13.7 Å². The Balaban J connectivity index is 1.89. The fourth-order valence-corrected chi connectivity index (χ4v) is 4.71. The third-order valence-corrected chi connectivity index (χ3v) is 6.51. The zero-order valence-corrected chi connectivity index (χ0v) is 18.1. The molecule has 30 heavy (non-hydrogen) atoms. The van der Waals surface area contributed by atoms with Crippen LogP contribution in [0.25, 0.3) is 0 Å². The summed E-state index contributed by atoms with van der Waals surface area (Å²) in [5.41, 5.74) is 0.519. The molecule has 2 aromatic carbocycles. The molecule has 0 saturated heterocycles. The normalized spacial score (nSPS) is 11.9. The molecule has 0 bridgehead atoms. The van der Waals surface area contributed by atoms with Crippen molar-refractivity contribution in [2.24, 2.45) is 5.92 Å². The van der Waals surface area contributed by atoms with Crippen molar-refractivity contribution in [3.8, 4) is 5.75 Å². The number of rotatable bonds is 9. The Hall–Kier alpha value is -2.71. The summed E-state index contributed by atoms with van der Waals surface area (Å²) in [6, 6.07) is 12.8. The van der Waals surface area contributed by atoms with Crippen molar-refractivity contribution in [1.82, 2.24) is 13.9 Å². The number of benzene rings is 2. The van der Waals surface area contributed by atoms with E-state index in [1.807, 2.05) is 13.8 Å². The van der Waals surface area contributed by atoms with Gasteiger partial charge in [-0.05, 0) is 36.2 Å². The molecule has 3 rings (SSSR count). The monoisotopic (exact) mass is 431 g/mol. The van der Waals surface area contributed by atoms with Crippen LogP contribution in [0.15, 0.2) is 65.8 Å². The Morgan fingerprint density at radius 2 is 1.83 bits per heavy atom. The highest BCUT2D eigenvalue weighted by Gasteiger charge is 2.27. The third-order valence-electron chi connectivity index (χ3n) is 4.68. The number of nitrogens with zero attached hydrogens (tertiary/aromatic N) is 3. The molecule has 0 amide bonds. The van der Waals surface area contributed by atoms with Gasteiger partial charge in [0.05, 0.1) is 25.1 Å². The largest absolute Gasteiger partial charge is 0.497 e. The Labute approximate surface area is 177 Å². The summed E-state index contributed by atoms with van der Waals surface area (Å²) in [6.07, 6.45) is 3.33. The SMILES string of the molecule is COc1ccc(S(=O)(=O)N(Cc2nccn2Cc2ccccc2F)CC(C)C)cc1. The van der Waals surface area contributed by atoms with Crippen LogP contribution in [-0.4, -0.2) is 35.9 Å². The fourth-order valence-electron chi connectivity index (χ4n) is 3.16. The Morgan fingerprint density at radius 1 is 1.13 bits per heavy atom. The van der Waals surface area contributed by atoms with Gasteiger partial charge in [-0.25, -0.2) is 17.8 Å². The predicted molar refractivity (Wildman–Crippen MR) is 113 cm³/mol. The van der Waals surface area contributed by atoms with Gasteiger partial charge in [-0.1, -0.05) is 32.0 Å². The maximum Gasteiger partial charge on any atom is 0.243 e. The summed E-state index contributed by atoms with van der Waals surface area (Å²) in [4.78, 5) is 4.53. The molecule has 6 nitrogen and oxygen atoms in total. The van der Waals surface area contributed by atoms with Crippen molar-refractivity contribution < 1.29 is 17.5 Å². The van der Waals surface area contributed by atoms with Crippen LogP contribution in [0.5, 0.6) is 5.75 Å². The van der Waals surface area contributed by atoms with Crippen LogP contribution in [0, 0.1) is 11.7 Å². The molecule has 3 aromatic rings. The highest BCUT2D eigenvalue weighted by Crippen LogP contribution is 2.22. The molecule has 0 N–H and O–H groups in total. The van der Waals surface area contributed by atoms with Gasteiger partial charge < -0.3 is 9.30 Å². The van der Waals surface area contributed by atoms with E-state index < -0.39 is 10.0 Å². The molecular weight excluding hydrogens is 405 g/mol. The Kier molecular flexibility index (Phi) is 6.89. The summed E-state index contributed by atoms with van der Waals surface area (Å²) in [7, 11) is -2.21. The maximum absolute atomic E-state index is 14.1. The maximum atomic E-state index is 14.1. The summed E-state index contributed by atoms with van der Waals surface area (Å²) in [5, 5.41) is 0. The van der Waals surface area contributed by atoms with Gasteiger partial charge >= 0.3 is 0 Å². The van der Waals surface area contributed by atoms with E-state index in [2.05, 4.69) is 4.98 Å². The first-order chi connectivity index (χ1) is 14.3. The Morgan fingerprint density at radius 3 is 2.47 bits per heavy atom. The van der Waals surface area contributed by atoms with E-state index >= 15 is 0 Å². The first-order valence-corrected chi connectivity index (χ1v) is 11.1. The van der Waals surface area contributed by atoms with Gasteiger partial charge in [0.2, 0.25) is 10.0 Å². The first kappa shape index (κ1) is 22.0. The van der Waals surface area contributed by atoms with Gasteiger partial charge in [-0.15, -0.1) is 0 Å². The topological polar surface area (TPSA) is 64.4 Å². The number of halogens is 1. The molecule has 8 heteroatoms. The van der Waals surface area contributed by atoms with Crippen molar-refractivity contribution in [2.45, 2.75) is 31.8 Å². The molecule has 1 heterocycles. The van der Waals surface area contributed by atoms with E-state index in [0.29, 0.717) is 23.7 Å². The van der Waals surface area contributed by atoms with Gasteiger partial charge in [0.25, 0.3) is 0 Å². The highest BCUT2D eigenvalue weighted by molar-refractivity contribution is 7.89. The Bertz CT molecular complexity index is 1080. The number of hydrogen-bond acceptors (Lipinski definition) is 4. The van der Waals surface area contributed by atoms with Gasteiger partial charge in [0.1, 0.15) is 17.4 Å². The van der Waals surface area contributed by atoms with Gasteiger partial charge in [-0.3, -0.25) is 0 Å². The minimum atomic E-state index is -3.74. The van der Waals surface area contributed by atoms with Crippen LogP contribution in [0.4, 0.5) is 4.39 Å². The second kappa shape index (κ2) is 9.40. The lowest BCUT2D eigenvalue weighted by Gasteiger charge is -2.24. The standard InChI is InChI=1S/C22H26FN3O3S/c1-17(2)14-26(30(27,28)20-10-8-19(29-3)9-11-20)16-22-24-12-13-25(22)15-18-6-4-5-7-21(18)23/h4-13,17H,14-16H2,1-3H3. The lowest BCUT2D eigenvalue weighted by molar-refractivity contribution is 0.350. The van der Waals surface area contributed by atoms with Crippen molar-refractivity contribution in [3.63, 3.8) is 0 Å². The van der Waals surface area contributed by atoms with Crippen molar-refractivity contribution in [1.29, 1.82) is 0 Å². The first-order valence-electron chi connectivity index (χ1n) is 9.69. The van der Waals surface area contributed by atoms with Gasteiger partial charge in [0, 0.05) is 24.5 Å². The van der Waals surface area contributed by atoms with E-state index in [0.717, 1.165) is 0 Å². The summed E-state index contributed by atoms with van der Waals surface area (Å²) in [5.74, 6) is 0.954. The molecule has 0 radical (unpaired) electrons. The van der Waals surface area contributed by atoms with Crippen LogP contribution >= 0.6 is 0 Å². The van der Waals surface area contributed by atoms with Gasteiger partial charge in [-0.2, -0.15) is 4.31 Å². The lowest BCUT2D eigenvalue weighted by Crippen LogP contribution is -2.34. The summed E-state index contributed by atoms with van der Waals surface area (Å²) in [6.45, 7) is 4.62. The smallest absolute Gasteiger partial charge is 0.243 e. The number of imidazole rings is 1. The van der Waals surface area contributed by atoms with E-state index in [-0.39, 0.29) is 29.7 Å². The molecule has 0 atom stereocenters. The minimum Gasteiger partial charge on any atom is -0.497 e. The quantitative estimate of drug-likeness (QED) is 0.515.